The molecule has 3 nitrogen and oxygen atoms in total. The predicted octanol–water partition coefficient (Wildman–Crippen LogP) is 5.71. The minimum atomic E-state index is -0.0458. The van der Waals surface area contributed by atoms with E-state index in [2.05, 4.69) is 56.4 Å². The highest BCUT2D eigenvalue weighted by Crippen LogP contribution is 2.27. The lowest BCUT2D eigenvalue weighted by molar-refractivity contribution is 0.0946. The lowest BCUT2D eigenvalue weighted by Gasteiger charge is -2.15. The minimum Gasteiger partial charge on any atom is -0.491 e. The van der Waals surface area contributed by atoms with Crippen molar-refractivity contribution in [3.05, 3.63) is 101 Å². The van der Waals surface area contributed by atoms with E-state index >= 15 is 0 Å². The highest BCUT2D eigenvalue weighted by atomic mass is 16.5. The number of rotatable bonds is 9. The molecule has 1 N–H and O–H groups in total. The lowest BCUT2D eigenvalue weighted by Crippen LogP contribution is -2.29. The Labute approximate surface area is 180 Å². The fourth-order valence-electron chi connectivity index (χ4n) is 3.55. The molecule has 3 aromatic rings. The third-order valence-corrected chi connectivity index (χ3v) is 5.22. The summed E-state index contributed by atoms with van der Waals surface area (Å²) in [6.07, 6.45) is 1.75. The second-order valence-corrected chi connectivity index (χ2v) is 7.94. The van der Waals surface area contributed by atoms with Crippen LogP contribution in [-0.2, 0) is 12.8 Å². The number of benzene rings is 3. The van der Waals surface area contributed by atoms with Gasteiger partial charge in [0.25, 0.3) is 5.91 Å². The van der Waals surface area contributed by atoms with E-state index in [-0.39, 0.29) is 5.91 Å². The average molecular weight is 402 g/mol. The molecule has 3 rings (SSSR count). The second kappa shape index (κ2) is 10.6. The first-order chi connectivity index (χ1) is 14.5. The quantitative estimate of drug-likeness (QED) is 0.466. The van der Waals surface area contributed by atoms with Crippen LogP contribution in [0.15, 0.2) is 72.8 Å². The van der Waals surface area contributed by atoms with E-state index in [4.69, 9.17) is 4.74 Å². The standard InChI is InChI=1S/C27H31NO2/c1-20(2)24-16-13-21(3)19-26(24)30-18-17-28-27(29)25-12-8-7-11-23(25)15-14-22-9-5-4-6-10-22/h4-13,16,19-20H,14-15,17-18H2,1-3H3,(H,28,29). The first-order valence-corrected chi connectivity index (χ1v) is 10.7. The van der Waals surface area contributed by atoms with Gasteiger partial charge in [-0.1, -0.05) is 74.5 Å². The third kappa shape index (κ3) is 5.96. The Morgan fingerprint density at radius 3 is 2.43 bits per heavy atom. The summed E-state index contributed by atoms with van der Waals surface area (Å²) in [4.78, 5) is 12.8. The minimum absolute atomic E-state index is 0.0458. The Morgan fingerprint density at radius 2 is 1.67 bits per heavy atom. The monoisotopic (exact) mass is 401 g/mol. The second-order valence-electron chi connectivity index (χ2n) is 7.94. The van der Waals surface area contributed by atoms with Crippen LogP contribution in [0, 0.1) is 6.92 Å². The number of carbonyl (C=O) groups excluding carboxylic acids is 1. The number of hydrogen-bond acceptors (Lipinski definition) is 2. The number of hydrogen-bond donors (Lipinski definition) is 1. The first kappa shape index (κ1) is 21.6. The van der Waals surface area contributed by atoms with Gasteiger partial charge in [0.2, 0.25) is 0 Å². The van der Waals surface area contributed by atoms with Gasteiger partial charge < -0.3 is 10.1 Å². The molecule has 0 heterocycles. The maximum atomic E-state index is 12.8. The Morgan fingerprint density at radius 1 is 0.933 bits per heavy atom. The van der Waals surface area contributed by atoms with Crippen molar-refractivity contribution in [3.8, 4) is 5.75 Å². The topological polar surface area (TPSA) is 38.3 Å². The number of aryl methyl sites for hydroxylation is 3. The van der Waals surface area contributed by atoms with Crippen LogP contribution in [0.5, 0.6) is 5.75 Å². The molecule has 0 bridgehead atoms. The molecule has 0 saturated heterocycles. The van der Waals surface area contributed by atoms with Gasteiger partial charge in [-0.2, -0.15) is 0 Å². The molecule has 0 unspecified atom stereocenters. The number of carbonyl (C=O) groups is 1. The van der Waals surface area contributed by atoms with Gasteiger partial charge in [-0.15, -0.1) is 0 Å². The number of amides is 1. The fourth-order valence-corrected chi connectivity index (χ4v) is 3.55. The Balaban J connectivity index is 1.55. The highest BCUT2D eigenvalue weighted by molar-refractivity contribution is 5.95. The van der Waals surface area contributed by atoms with E-state index in [9.17, 15) is 4.79 Å². The van der Waals surface area contributed by atoms with E-state index in [0.29, 0.717) is 19.1 Å². The molecule has 0 saturated carbocycles. The van der Waals surface area contributed by atoms with E-state index in [1.807, 2.05) is 42.5 Å². The van der Waals surface area contributed by atoms with Crippen LogP contribution in [0.2, 0.25) is 0 Å². The van der Waals surface area contributed by atoms with Crippen molar-refractivity contribution < 1.29 is 9.53 Å². The van der Waals surface area contributed by atoms with Crippen LogP contribution in [0.3, 0.4) is 0 Å². The Kier molecular flexibility index (Phi) is 7.67. The van der Waals surface area contributed by atoms with Gasteiger partial charge in [-0.3, -0.25) is 4.79 Å². The molecule has 0 aliphatic carbocycles. The van der Waals surface area contributed by atoms with E-state index in [1.165, 1.54) is 16.7 Å². The third-order valence-electron chi connectivity index (χ3n) is 5.22. The summed E-state index contributed by atoms with van der Waals surface area (Å²) in [5.41, 5.74) is 5.46. The molecule has 0 aromatic heterocycles. The molecule has 3 heteroatoms. The largest absolute Gasteiger partial charge is 0.491 e. The van der Waals surface area contributed by atoms with Crippen molar-refractivity contribution in [2.75, 3.05) is 13.2 Å². The summed E-state index contributed by atoms with van der Waals surface area (Å²) in [6, 6.07) is 24.5. The molecule has 1 amide bonds. The number of ether oxygens (including phenoxy) is 1. The Hall–Kier alpha value is -3.07. The lowest BCUT2D eigenvalue weighted by atomic mass is 9.99. The normalized spacial score (nSPS) is 10.8. The van der Waals surface area contributed by atoms with Crippen LogP contribution in [0.1, 0.15) is 52.4 Å². The first-order valence-electron chi connectivity index (χ1n) is 10.7. The molecule has 0 aliphatic heterocycles. The van der Waals surface area contributed by atoms with Crippen LogP contribution in [-0.4, -0.2) is 19.1 Å². The van der Waals surface area contributed by atoms with Crippen molar-refractivity contribution in [1.82, 2.24) is 5.32 Å². The zero-order valence-corrected chi connectivity index (χ0v) is 18.2. The molecular formula is C27H31NO2. The zero-order valence-electron chi connectivity index (χ0n) is 18.2. The van der Waals surface area contributed by atoms with Crippen molar-refractivity contribution >= 4 is 5.91 Å². The van der Waals surface area contributed by atoms with Crippen LogP contribution in [0.4, 0.5) is 0 Å². The summed E-state index contributed by atoms with van der Waals surface area (Å²) >= 11 is 0. The van der Waals surface area contributed by atoms with E-state index in [0.717, 1.165) is 29.7 Å². The van der Waals surface area contributed by atoms with Crippen LogP contribution >= 0.6 is 0 Å². The van der Waals surface area contributed by atoms with Crippen molar-refractivity contribution in [3.63, 3.8) is 0 Å². The van der Waals surface area contributed by atoms with Crippen molar-refractivity contribution in [2.45, 2.75) is 39.5 Å². The molecule has 156 valence electrons. The van der Waals surface area contributed by atoms with Gasteiger partial charge in [-0.05, 0) is 60.1 Å². The summed E-state index contributed by atoms with van der Waals surface area (Å²) in [6.45, 7) is 7.29. The van der Waals surface area contributed by atoms with E-state index < -0.39 is 0 Å². The average Bonchev–Trinajstić information content (AvgIpc) is 2.76. The van der Waals surface area contributed by atoms with Crippen molar-refractivity contribution in [1.29, 1.82) is 0 Å². The number of nitrogens with one attached hydrogen (secondary N) is 1. The van der Waals surface area contributed by atoms with Gasteiger partial charge in [0.1, 0.15) is 12.4 Å². The molecule has 3 aromatic carbocycles. The van der Waals surface area contributed by atoms with Gasteiger partial charge >= 0.3 is 0 Å². The van der Waals surface area contributed by atoms with Crippen molar-refractivity contribution in [2.24, 2.45) is 0 Å². The summed E-state index contributed by atoms with van der Waals surface area (Å²) in [5.74, 6) is 1.25. The molecule has 0 fully saturated rings. The smallest absolute Gasteiger partial charge is 0.251 e. The molecule has 0 spiro atoms. The maximum Gasteiger partial charge on any atom is 0.251 e. The zero-order chi connectivity index (χ0) is 21.3. The van der Waals surface area contributed by atoms with Gasteiger partial charge in [0, 0.05) is 5.56 Å². The molecular weight excluding hydrogens is 370 g/mol. The van der Waals surface area contributed by atoms with Gasteiger partial charge in [0.05, 0.1) is 6.54 Å². The maximum absolute atomic E-state index is 12.8. The van der Waals surface area contributed by atoms with Crippen LogP contribution < -0.4 is 10.1 Å². The summed E-state index contributed by atoms with van der Waals surface area (Å²) in [5, 5.41) is 3.01. The van der Waals surface area contributed by atoms with E-state index in [1.54, 1.807) is 0 Å². The van der Waals surface area contributed by atoms with Gasteiger partial charge in [-0.25, -0.2) is 0 Å². The highest BCUT2D eigenvalue weighted by Gasteiger charge is 2.11. The predicted molar refractivity (Wildman–Crippen MR) is 123 cm³/mol. The molecule has 30 heavy (non-hydrogen) atoms. The SMILES string of the molecule is Cc1ccc(C(C)C)c(OCCNC(=O)c2ccccc2CCc2ccccc2)c1. The Bertz CT molecular complexity index is 964. The molecule has 0 atom stereocenters. The van der Waals surface area contributed by atoms with Gasteiger partial charge in [0.15, 0.2) is 0 Å². The molecule has 0 aliphatic rings. The fraction of sp³-hybridized carbons (Fsp3) is 0.296. The summed E-state index contributed by atoms with van der Waals surface area (Å²) in [7, 11) is 0. The van der Waals surface area contributed by atoms with Crippen LogP contribution in [0.25, 0.3) is 0 Å². The summed E-state index contributed by atoms with van der Waals surface area (Å²) < 4.78 is 5.99. The molecule has 0 radical (unpaired) electrons.